The molecule has 1 aliphatic rings. The van der Waals surface area contributed by atoms with E-state index in [2.05, 4.69) is 15.3 Å². The van der Waals surface area contributed by atoms with Crippen molar-refractivity contribution in [1.29, 1.82) is 5.41 Å². The Hall–Kier alpha value is -4.52. The summed E-state index contributed by atoms with van der Waals surface area (Å²) in [6.45, 7) is 9.10. The number of Topliss-reactive ketones (excluding diaryl/α,β-unsaturated/α-hetero) is 1. The molecule has 0 saturated heterocycles. The fraction of sp³-hybridized carbons (Fsp3) is 0.471. The Balaban J connectivity index is 1.59. The van der Waals surface area contributed by atoms with E-state index in [-0.39, 0.29) is 36.8 Å². The molecule has 0 saturated carbocycles. The maximum atomic E-state index is 13.9. The van der Waals surface area contributed by atoms with E-state index < -0.39 is 17.3 Å². The summed E-state index contributed by atoms with van der Waals surface area (Å²) in [5.41, 5.74) is 1.92. The monoisotopic (exact) mass is 665 g/mol. The summed E-state index contributed by atoms with van der Waals surface area (Å²) in [7, 11) is 1.50. The molecule has 3 heterocycles. The van der Waals surface area contributed by atoms with Crippen LogP contribution < -0.4 is 19.5 Å². The SMILES string of the molecule is CCOc1cc2c(nc1C(=O)NC)C(=N)N(CC(=O)c1cc(OCCCc3nccs3)c(OCCCCC(=O)O)c(C(C)(C)C)c1)C2. The summed E-state index contributed by atoms with van der Waals surface area (Å²) in [6, 6.07) is 5.22. The first kappa shape index (κ1) is 35.3. The predicted molar refractivity (Wildman–Crippen MR) is 178 cm³/mol. The van der Waals surface area contributed by atoms with Crippen LogP contribution in [0, 0.1) is 5.41 Å². The Morgan fingerprint density at radius 3 is 2.49 bits per heavy atom. The second-order valence-electron chi connectivity index (χ2n) is 12.2. The van der Waals surface area contributed by atoms with E-state index in [9.17, 15) is 14.4 Å². The number of hydrogen-bond donors (Lipinski definition) is 3. The Bertz CT molecular complexity index is 1600. The molecule has 1 amide bonds. The number of ketones is 1. The number of carboxylic acid groups (broad SMARTS) is 1. The average molecular weight is 666 g/mol. The standard InChI is InChI=1S/C34H43N5O7S/c1-6-44-25-18-22-19-39(32(35)29(22)38-30(25)33(43)36-5)20-24(40)21-16-23(34(2,3)4)31(46-13-8-7-11-28(41)42)26(17-21)45-14-9-10-27-37-12-15-47-27/h12,15-18,35H,6-11,13-14,19-20H2,1-5H3,(H,36,43)(H,41,42). The highest BCUT2D eigenvalue weighted by molar-refractivity contribution is 7.09. The Morgan fingerprint density at radius 1 is 1.06 bits per heavy atom. The fourth-order valence-electron chi connectivity index (χ4n) is 5.15. The number of amides is 1. The lowest BCUT2D eigenvalue weighted by Gasteiger charge is -2.26. The van der Waals surface area contributed by atoms with Crippen molar-refractivity contribution in [2.24, 2.45) is 0 Å². The lowest BCUT2D eigenvalue weighted by atomic mass is 9.84. The number of benzene rings is 1. The Labute approximate surface area is 279 Å². The highest BCUT2D eigenvalue weighted by atomic mass is 32.1. The highest BCUT2D eigenvalue weighted by Crippen LogP contribution is 2.41. The average Bonchev–Trinajstić information content (AvgIpc) is 3.65. The van der Waals surface area contributed by atoms with Gasteiger partial charge in [0.05, 0.1) is 31.4 Å². The highest BCUT2D eigenvalue weighted by Gasteiger charge is 2.32. The van der Waals surface area contributed by atoms with E-state index in [1.807, 2.05) is 39.1 Å². The third kappa shape index (κ3) is 9.06. The molecule has 0 atom stereocenters. The van der Waals surface area contributed by atoms with Crippen molar-refractivity contribution in [1.82, 2.24) is 20.2 Å². The zero-order valence-corrected chi connectivity index (χ0v) is 28.4. The summed E-state index contributed by atoms with van der Waals surface area (Å²) >= 11 is 1.59. The quantitative estimate of drug-likeness (QED) is 0.128. The number of unbranched alkanes of at least 4 members (excludes halogenated alkanes) is 1. The maximum Gasteiger partial charge on any atom is 0.303 e. The minimum atomic E-state index is -0.848. The molecule has 12 nitrogen and oxygen atoms in total. The number of carbonyl (C=O) groups excluding carboxylic acids is 2. The molecule has 0 bridgehead atoms. The largest absolute Gasteiger partial charge is 0.491 e. The normalized spacial score (nSPS) is 12.5. The van der Waals surface area contributed by atoms with E-state index in [1.54, 1.807) is 34.6 Å². The van der Waals surface area contributed by atoms with Gasteiger partial charge in [-0.3, -0.25) is 19.8 Å². The van der Waals surface area contributed by atoms with Crippen molar-refractivity contribution in [2.45, 2.75) is 71.8 Å². The molecule has 0 spiro atoms. The van der Waals surface area contributed by atoms with E-state index >= 15 is 0 Å². The summed E-state index contributed by atoms with van der Waals surface area (Å²) < 4.78 is 18.2. The van der Waals surface area contributed by atoms with Crippen molar-refractivity contribution in [3.05, 3.63) is 62.9 Å². The van der Waals surface area contributed by atoms with Gasteiger partial charge in [0.2, 0.25) is 0 Å². The minimum Gasteiger partial charge on any atom is -0.491 e. The maximum absolute atomic E-state index is 13.9. The smallest absolute Gasteiger partial charge is 0.303 e. The summed E-state index contributed by atoms with van der Waals surface area (Å²) in [6.07, 6.45) is 4.34. The molecular weight excluding hydrogens is 622 g/mol. The van der Waals surface area contributed by atoms with Crippen LogP contribution in [0.2, 0.25) is 0 Å². The van der Waals surface area contributed by atoms with Gasteiger partial charge in [-0.05, 0) is 49.8 Å². The topological polar surface area (TPSA) is 164 Å². The third-order valence-corrected chi connectivity index (χ3v) is 8.38. The van der Waals surface area contributed by atoms with Gasteiger partial charge < -0.3 is 29.5 Å². The van der Waals surface area contributed by atoms with Gasteiger partial charge in [0.1, 0.15) is 11.5 Å². The van der Waals surface area contributed by atoms with Gasteiger partial charge >= 0.3 is 5.97 Å². The van der Waals surface area contributed by atoms with Gasteiger partial charge in [-0.1, -0.05) is 20.8 Å². The number of nitrogens with zero attached hydrogens (tertiary/aromatic N) is 3. The molecule has 1 aliphatic heterocycles. The number of carboxylic acids is 1. The van der Waals surface area contributed by atoms with Crippen LogP contribution in [0.15, 0.2) is 29.8 Å². The fourth-order valence-corrected chi connectivity index (χ4v) is 5.81. The molecule has 3 N–H and O–H groups in total. The van der Waals surface area contributed by atoms with Crippen LogP contribution in [0.1, 0.15) is 96.1 Å². The number of aromatic nitrogens is 2. The molecule has 252 valence electrons. The van der Waals surface area contributed by atoms with Crippen molar-refractivity contribution >= 4 is 34.8 Å². The minimum absolute atomic E-state index is 0.0533. The van der Waals surface area contributed by atoms with E-state index in [0.29, 0.717) is 73.2 Å². The number of fused-ring (bicyclic) bond motifs is 1. The summed E-state index contributed by atoms with van der Waals surface area (Å²) in [4.78, 5) is 47.7. The first-order valence-electron chi connectivity index (χ1n) is 15.7. The molecule has 0 fully saturated rings. The van der Waals surface area contributed by atoms with Crippen molar-refractivity contribution in [3.8, 4) is 17.2 Å². The molecule has 3 aromatic rings. The van der Waals surface area contributed by atoms with Gasteiger partial charge in [-0.15, -0.1) is 11.3 Å². The van der Waals surface area contributed by atoms with E-state index in [4.69, 9.17) is 24.7 Å². The third-order valence-electron chi connectivity index (χ3n) is 7.54. The number of aliphatic carboxylic acids is 1. The lowest BCUT2D eigenvalue weighted by Crippen LogP contribution is -2.31. The van der Waals surface area contributed by atoms with Crippen molar-refractivity contribution < 1.29 is 33.7 Å². The number of hydrogen-bond acceptors (Lipinski definition) is 10. The van der Waals surface area contributed by atoms with Crippen molar-refractivity contribution in [2.75, 3.05) is 33.4 Å². The molecule has 47 heavy (non-hydrogen) atoms. The lowest BCUT2D eigenvalue weighted by molar-refractivity contribution is -0.137. The van der Waals surface area contributed by atoms with Crippen molar-refractivity contribution in [3.63, 3.8) is 0 Å². The molecule has 13 heteroatoms. The summed E-state index contributed by atoms with van der Waals surface area (Å²) in [5.74, 6) is -0.124. The molecule has 0 aliphatic carbocycles. The van der Waals surface area contributed by atoms with Gasteiger partial charge in [0.25, 0.3) is 5.91 Å². The van der Waals surface area contributed by atoms with E-state index in [0.717, 1.165) is 17.0 Å². The zero-order chi connectivity index (χ0) is 34.1. The van der Waals surface area contributed by atoms with Crippen LogP contribution in [-0.4, -0.2) is 76.9 Å². The van der Waals surface area contributed by atoms with Gasteiger partial charge in [-0.25, -0.2) is 9.97 Å². The van der Waals surface area contributed by atoms with Crippen LogP contribution in [-0.2, 0) is 23.2 Å². The zero-order valence-electron chi connectivity index (χ0n) is 27.6. The Morgan fingerprint density at radius 2 is 1.83 bits per heavy atom. The number of ether oxygens (including phenoxy) is 3. The van der Waals surface area contributed by atoms with Gasteiger partial charge in [0, 0.05) is 54.7 Å². The molecule has 0 unspecified atom stereocenters. The van der Waals surface area contributed by atoms with Crippen LogP contribution >= 0.6 is 11.3 Å². The number of thiazole rings is 1. The van der Waals surface area contributed by atoms with Crippen LogP contribution in [0.3, 0.4) is 0 Å². The molecule has 1 aromatic carbocycles. The molecular formula is C34H43N5O7S. The molecule has 4 rings (SSSR count). The van der Waals surface area contributed by atoms with Gasteiger partial charge in [0.15, 0.2) is 28.7 Å². The van der Waals surface area contributed by atoms with E-state index in [1.165, 1.54) is 7.05 Å². The first-order valence-corrected chi connectivity index (χ1v) is 16.6. The van der Waals surface area contributed by atoms with Gasteiger partial charge in [-0.2, -0.15) is 0 Å². The number of amidine groups is 1. The predicted octanol–water partition coefficient (Wildman–Crippen LogP) is 5.26. The molecule has 2 aromatic heterocycles. The molecule has 0 radical (unpaired) electrons. The second kappa shape index (κ2) is 15.9. The van der Waals surface area contributed by atoms with Crippen LogP contribution in [0.4, 0.5) is 0 Å². The first-order chi connectivity index (χ1) is 22.4. The summed E-state index contributed by atoms with van der Waals surface area (Å²) in [5, 5.41) is 23.3. The number of nitrogens with one attached hydrogen (secondary N) is 2. The second-order valence-corrected chi connectivity index (χ2v) is 13.1. The Kier molecular flexibility index (Phi) is 11.9. The van der Waals surface area contributed by atoms with Crippen LogP contribution in [0.25, 0.3) is 0 Å². The number of aryl methyl sites for hydroxylation is 1. The van der Waals surface area contributed by atoms with Crippen LogP contribution in [0.5, 0.6) is 17.2 Å². The number of carbonyl (C=O) groups is 3. The number of pyridine rings is 1. The number of rotatable bonds is 17.